The number of hydrogen-bond donors (Lipinski definition) is 1. The lowest BCUT2D eigenvalue weighted by Crippen LogP contribution is -2.07. The number of fused-ring (bicyclic) bond motifs is 1. The van der Waals surface area contributed by atoms with Crippen molar-refractivity contribution in [2.24, 2.45) is 0 Å². The molecule has 3 rings (SSSR count). The minimum Gasteiger partial charge on any atom is -0.396 e. The zero-order chi connectivity index (χ0) is 15.7. The second kappa shape index (κ2) is 6.23. The van der Waals surface area contributed by atoms with E-state index in [2.05, 4.69) is 70.7 Å². The van der Waals surface area contributed by atoms with Gasteiger partial charge in [0.25, 0.3) is 0 Å². The van der Waals surface area contributed by atoms with E-state index < -0.39 is 0 Å². The molecule has 0 bridgehead atoms. The number of aromatic nitrogens is 2. The first-order valence-corrected chi connectivity index (χ1v) is 8.19. The lowest BCUT2D eigenvalue weighted by molar-refractivity contribution is 0.295. The Morgan fingerprint density at radius 2 is 1.77 bits per heavy atom. The molecule has 0 saturated heterocycles. The van der Waals surface area contributed by atoms with Crippen molar-refractivity contribution in [3.8, 4) is 0 Å². The highest BCUT2D eigenvalue weighted by Crippen LogP contribution is 2.23. The third kappa shape index (κ3) is 2.94. The van der Waals surface area contributed by atoms with E-state index in [0.29, 0.717) is 6.42 Å². The third-order valence-electron chi connectivity index (χ3n) is 4.03. The molecule has 1 N–H and O–H groups in total. The molecule has 2 aromatic carbocycles. The Labute approximate surface area is 138 Å². The van der Waals surface area contributed by atoms with E-state index in [-0.39, 0.29) is 6.61 Å². The second-order valence-corrected chi connectivity index (χ2v) is 6.56. The van der Waals surface area contributed by atoms with Crippen LogP contribution in [0.15, 0.2) is 40.9 Å². The van der Waals surface area contributed by atoms with Crippen LogP contribution in [0.5, 0.6) is 0 Å². The molecule has 0 aliphatic carbocycles. The quantitative estimate of drug-likeness (QED) is 0.765. The zero-order valence-corrected chi connectivity index (χ0v) is 14.4. The van der Waals surface area contributed by atoms with Crippen molar-refractivity contribution >= 4 is 27.0 Å². The van der Waals surface area contributed by atoms with E-state index in [9.17, 15) is 5.11 Å². The number of aliphatic hydroxyl groups is 1. The number of halogens is 1. The van der Waals surface area contributed by atoms with Gasteiger partial charge in [-0.2, -0.15) is 0 Å². The Hall–Kier alpha value is -1.65. The van der Waals surface area contributed by atoms with Crippen LogP contribution in [-0.4, -0.2) is 21.3 Å². The Morgan fingerprint density at radius 3 is 2.45 bits per heavy atom. The van der Waals surface area contributed by atoms with Gasteiger partial charge in [0.15, 0.2) is 0 Å². The number of rotatable bonds is 4. The van der Waals surface area contributed by atoms with Crippen molar-refractivity contribution in [2.75, 3.05) is 6.61 Å². The molecule has 0 radical (unpaired) electrons. The molecule has 0 spiro atoms. The van der Waals surface area contributed by atoms with Gasteiger partial charge >= 0.3 is 0 Å². The van der Waals surface area contributed by atoms with Crippen molar-refractivity contribution in [3.63, 3.8) is 0 Å². The molecule has 0 aliphatic heterocycles. The first kappa shape index (κ1) is 15.3. The molecule has 0 unspecified atom stereocenters. The Balaban J connectivity index is 2.10. The number of aliphatic hydroxyl groups excluding tert-OH is 1. The fraction of sp³-hybridized carbons (Fsp3) is 0.278. The number of hydrogen-bond acceptors (Lipinski definition) is 2. The monoisotopic (exact) mass is 358 g/mol. The molecule has 0 aliphatic rings. The van der Waals surface area contributed by atoms with Gasteiger partial charge in [-0.15, -0.1) is 0 Å². The van der Waals surface area contributed by atoms with Crippen molar-refractivity contribution < 1.29 is 5.11 Å². The minimum atomic E-state index is 0.113. The summed E-state index contributed by atoms with van der Waals surface area (Å²) in [6.07, 6.45) is 0.573. The second-order valence-electron chi connectivity index (χ2n) is 5.64. The SMILES string of the molecule is Cc1cc2nc(CCO)n(Cc3ccc(Br)cc3)c2cc1C. The van der Waals surface area contributed by atoms with E-state index >= 15 is 0 Å². The highest BCUT2D eigenvalue weighted by molar-refractivity contribution is 9.10. The van der Waals surface area contributed by atoms with Gasteiger partial charge in [0, 0.05) is 17.4 Å². The summed E-state index contributed by atoms with van der Waals surface area (Å²) in [5.74, 6) is 0.936. The Morgan fingerprint density at radius 1 is 1.09 bits per heavy atom. The van der Waals surface area contributed by atoms with Gasteiger partial charge in [-0.1, -0.05) is 28.1 Å². The number of imidazole rings is 1. The van der Waals surface area contributed by atoms with Gasteiger partial charge in [0.1, 0.15) is 5.82 Å². The van der Waals surface area contributed by atoms with Crippen molar-refractivity contribution in [2.45, 2.75) is 26.8 Å². The standard InChI is InChI=1S/C18H19BrN2O/c1-12-9-16-17(10-13(12)2)21(18(20-16)7-8-22)11-14-3-5-15(19)6-4-14/h3-6,9-10,22H,7-8,11H2,1-2H3. The predicted molar refractivity (Wildman–Crippen MR) is 93.2 cm³/mol. The van der Waals surface area contributed by atoms with Crippen LogP contribution in [0.3, 0.4) is 0 Å². The van der Waals surface area contributed by atoms with Crippen LogP contribution in [0.1, 0.15) is 22.5 Å². The van der Waals surface area contributed by atoms with Gasteiger partial charge < -0.3 is 9.67 Å². The summed E-state index contributed by atoms with van der Waals surface area (Å²) < 4.78 is 3.29. The molecule has 0 saturated carbocycles. The molecule has 1 aromatic heterocycles. The van der Waals surface area contributed by atoms with E-state index in [0.717, 1.165) is 27.9 Å². The van der Waals surface area contributed by atoms with Gasteiger partial charge in [-0.05, 0) is 54.8 Å². The lowest BCUT2D eigenvalue weighted by Gasteiger charge is -2.10. The van der Waals surface area contributed by atoms with Crippen LogP contribution in [0.2, 0.25) is 0 Å². The summed E-state index contributed by atoms with van der Waals surface area (Å²) in [5.41, 5.74) is 5.87. The number of aryl methyl sites for hydroxylation is 2. The largest absolute Gasteiger partial charge is 0.396 e. The Kier molecular flexibility index (Phi) is 4.32. The molecule has 0 amide bonds. The molecule has 3 aromatic rings. The molecule has 1 heterocycles. The van der Waals surface area contributed by atoms with Crippen LogP contribution in [0.25, 0.3) is 11.0 Å². The van der Waals surface area contributed by atoms with Crippen molar-refractivity contribution in [3.05, 3.63) is 63.4 Å². The zero-order valence-electron chi connectivity index (χ0n) is 12.8. The molecule has 4 heteroatoms. The Bertz CT molecular complexity index is 806. The molecule has 3 nitrogen and oxygen atoms in total. The first-order valence-electron chi connectivity index (χ1n) is 7.40. The summed E-state index contributed by atoms with van der Waals surface area (Å²) in [7, 11) is 0. The first-order chi connectivity index (χ1) is 10.6. The number of nitrogens with zero attached hydrogens (tertiary/aromatic N) is 2. The number of benzene rings is 2. The smallest absolute Gasteiger partial charge is 0.112 e. The highest BCUT2D eigenvalue weighted by atomic mass is 79.9. The normalized spacial score (nSPS) is 11.3. The molecular weight excluding hydrogens is 340 g/mol. The summed E-state index contributed by atoms with van der Waals surface area (Å²) in [6, 6.07) is 12.6. The van der Waals surface area contributed by atoms with Crippen LogP contribution < -0.4 is 0 Å². The summed E-state index contributed by atoms with van der Waals surface area (Å²) in [4.78, 5) is 4.71. The van der Waals surface area contributed by atoms with Crippen LogP contribution in [0.4, 0.5) is 0 Å². The maximum atomic E-state index is 9.32. The molecule has 22 heavy (non-hydrogen) atoms. The van der Waals surface area contributed by atoms with E-state index in [1.54, 1.807) is 0 Å². The van der Waals surface area contributed by atoms with E-state index in [4.69, 9.17) is 4.98 Å². The van der Waals surface area contributed by atoms with Crippen LogP contribution in [-0.2, 0) is 13.0 Å². The third-order valence-corrected chi connectivity index (χ3v) is 4.56. The van der Waals surface area contributed by atoms with Gasteiger partial charge in [-0.3, -0.25) is 0 Å². The molecular formula is C18H19BrN2O. The fourth-order valence-electron chi connectivity index (χ4n) is 2.67. The molecule has 114 valence electrons. The highest BCUT2D eigenvalue weighted by Gasteiger charge is 2.12. The summed E-state index contributed by atoms with van der Waals surface area (Å²) in [5, 5.41) is 9.32. The minimum absolute atomic E-state index is 0.113. The van der Waals surface area contributed by atoms with Crippen molar-refractivity contribution in [1.29, 1.82) is 0 Å². The maximum Gasteiger partial charge on any atom is 0.112 e. The van der Waals surface area contributed by atoms with Gasteiger partial charge in [-0.25, -0.2) is 4.98 Å². The van der Waals surface area contributed by atoms with Crippen LogP contribution >= 0.6 is 15.9 Å². The molecule has 0 atom stereocenters. The van der Waals surface area contributed by atoms with E-state index in [1.807, 2.05) is 0 Å². The van der Waals surface area contributed by atoms with Gasteiger partial charge in [0.2, 0.25) is 0 Å². The summed E-state index contributed by atoms with van der Waals surface area (Å²) in [6.45, 7) is 5.11. The summed E-state index contributed by atoms with van der Waals surface area (Å²) >= 11 is 3.47. The van der Waals surface area contributed by atoms with Crippen LogP contribution in [0, 0.1) is 13.8 Å². The average Bonchev–Trinajstić information content (AvgIpc) is 2.80. The fourth-order valence-corrected chi connectivity index (χ4v) is 2.93. The maximum absolute atomic E-state index is 9.32. The lowest BCUT2D eigenvalue weighted by atomic mass is 10.1. The average molecular weight is 359 g/mol. The predicted octanol–water partition coefficient (Wildman–Crippen LogP) is 4.00. The van der Waals surface area contributed by atoms with E-state index in [1.165, 1.54) is 16.7 Å². The topological polar surface area (TPSA) is 38.1 Å². The van der Waals surface area contributed by atoms with Gasteiger partial charge in [0.05, 0.1) is 17.6 Å². The van der Waals surface area contributed by atoms with Crippen molar-refractivity contribution in [1.82, 2.24) is 9.55 Å². The molecule has 0 fully saturated rings.